The molecule has 0 atom stereocenters. The zero-order valence-electron chi connectivity index (χ0n) is 18.2. The second-order valence-corrected chi connectivity index (χ2v) is 9.90. The summed E-state index contributed by atoms with van der Waals surface area (Å²) in [6, 6.07) is 18.5. The van der Waals surface area contributed by atoms with Gasteiger partial charge in [0.1, 0.15) is 0 Å². The van der Waals surface area contributed by atoms with E-state index in [1.807, 2.05) is 36.4 Å². The predicted octanol–water partition coefficient (Wildman–Crippen LogP) is 2.95. The molecule has 9 heteroatoms. The molecule has 3 aromatic rings. The van der Waals surface area contributed by atoms with Crippen LogP contribution in [0.3, 0.4) is 0 Å². The van der Waals surface area contributed by atoms with E-state index >= 15 is 0 Å². The number of tetrazole rings is 1. The summed E-state index contributed by atoms with van der Waals surface area (Å²) in [7, 11) is -3.43. The summed E-state index contributed by atoms with van der Waals surface area (Å²) < 4.78 is 27.8. The number of benzene rings is 2. The zero-order chi connectivity index (χ0) is 22.2. The second kappa shape index (κ2) is 10.8. The molecule has 170 valence electrons. The van der Waals surface area contributed by atoms with Gasteiger partial charge < -0.3 is 4.90 Å². The Kier molecular flexibility index (Phi) is 7.62. The fraction of sp³-hybridized carbons (Fsp3) is 0.435. The van der Waals surface area contributed by atoms with Gasteiger partial charge in [-0.05, 0) is 62.7 Å². The summed E-state index contributed by atoms with van der Waals surface area (Å²) >= 11 is 0. The Bertz CT molecular complexity index is 1060. The molecular formula is C23H30N6O2S. The molecule has 1 aromatic heterocycles. The van der Waals surface area contributed by atoms with E-state index in [0.717, 1.165) is 63.8 Å². The Balaban J connectivity index is 1.12. The van der Waals surface area contributed by atoms with E-state index in [1.54, 1.807) is 29.1 Å². The van der Waals surface area contributed by atoms with Crippen molar-refractivity contribution in [3.05, 3.63) is 60.7 Å². The maximum absolute atomic E-state index is 12.5. The van der Waals surface area contributed by atoms with Gasteiger partial charge in [-0.15, -0.1) is 10.2 Å². The van der Waals surface area contributed by atoms with Gasteiger partial charge in [-0.2, -0.15) is 4.80 Å². The number of nitrogens with zero attached hydrogens (tertiary/aromatic N) is 5. The smallest absolute Gasteiger partial charge is 0.240 e. The van der Waals surface area contributed by atoms with Gasteiger partial charge in [0.2, 0.25) is 15.8 Å². The number of hydrogen-bond acceptors (Lipinski definition) is 6. The number of rotatable bonds is 10. The Morgan fingerprint density at radius 3 is 2.25 bits per heavy atom. The second-order valence-electron chi connectivity index (χ2n) is 8.19. The van der Waals surface area contributed by atoms with Crippen molar-refractivity contribution in [2.24, 2.45) is 0 Å². The van der Waals surface area contributed by atoms with Crippen LogP contribution < -0.4 is 4.72 Å². The van der Waals surface area contributed by atoms with E-state index in [0.29, 0.717) is 10.7 Å². The largest absolute Gasteiger partial charge is 0.303 e. The number of unbranched alkanes of at least 4 members (excludes halogenated alkanes) is 2. The van der Waals surface area contributed by atoms with Crippen molar-refractivity contribution in [1.82, 2.24) is 29.8 Å². The Labute approximate surface area is 189 Å². The molecule has 0 bridgehead atoms. The number of sulfonamides is 1. The number of aromatic nitrogens is 4. The lowest BCUT2D eigenvalue weighted by Gasteiger charge is -2.32. The van der Waals surface area contributed by atoms with Crippen LogP contribution in [0.1, 0.15) is 32.1 Å². The van der Waals surface area contributed by atoms with Crippen molar-refractivity contribution in [2.75, 3.05) is 19.6 Å². The van der Waals surface area contributed by atoms with Gasteiger partial charge in [-0.1, -0.05) is 55.0 Å². The SMILES string of the molecule is O=S(=O)(NC1CCN(CCCCCn2nnc(-c3ccccc3)n2)CC1)c1ccccc1. The van der Waals surface area contributed by atoms with E-state index in [-0.39, 0.29) is 6.04 Å². The normalized spacial score (nSPS) is 15.8. The van der Waals surface area contributed by atoms with Crippen molar-refractivity contribution in [3.63, 3.8) is 0 Å². The van der Waals surface area contributed by atoms with E-state index in [1.165, 1.54) is 0 Å². The van der Waals surface area contributed by atoms with Gasteiger partial charge in [0.05, 0.1) is 11.4 Å². The van der Waals surface area contributed by atoms with Crippen molar-refractivity contribution >= 4 is 10.0 Å². The van der Waals surface area contributed by atoms with Crippen LogP contribution in [0.5, 0.6) is 0 Å². The summed E-state index contributed by atoms with van der Waals surface area (Å²) in [6.07, 6.45) is 4.91. The number of aryl methyl sites for hydroxylation is 1. The van der Waals surface area contributed by atoms with Crippen LogP contribution in [0.15, 0.2) is 65.6 Å². The lowest BCUT2D eigenvalue weighted by atomic mass is 10.1. The number of nitrogens with one attached hydrogen (secondary N) is 1. The van der Waals surface area contributed by atoms with Gasteiger partial charge >= 0.3 is 0 Å². The Hall–Kier alpha value is -2.62. The predicted molar refractivity (Wildman–Crippen MR) is 123 cm³/mol. The molecule has 4 rings (SSSR count). The summed E-state index contributed by atoms with van der Waals surface area (Å²) in [5.41, 5.74) is 0.980. The minimum absolute atomic E-state index is 0.00802. The molecule has 32 heavy (non-hydrogen) atoms. The quantitative estimate of drug-likeness (QED) is 0.474. The van der Waals surface area contributed by atoms with Crippen LogP contribution in [-0.4, -0.2) is 59.2 Å². The number of piperidine rings is 1. The van der Waals surface area contributed by atoms with Crippen LogP contribution in [0.25, 0.3) is 11.4 Å². The van der Waals surface area contributed by atoms with Gasteiger partial charge in [-0.3, -0.25) is 0 Å². The molecule has 8 nitrogen and oxygen atoms in total. The van der Waals surface area contributed by atoms with Gasteiger partial charge in [-0.25, -0.2) is 13.1 Å². The molecule has 1 aliphatic rings. The third-order valence-electron chi connectivity index (χ3n) is 5.78. The Morgan fingerprint density at radius 1 is 0.875 bits per heavy atom. The summed E-state index contributed by atoms with van der Waals surface area (Å²) in [4.78, 5) is 4.43. The first kappa shape index (κ1) is 22.6. The van der Waals surface area contributed by atoms with E-state index in [2.05, 4.69) is 25.0 Å². The highest BCUT2D eigenvalue weighted by Crippen LogP contribution is 2.16. The zero-order valence-corrected chi connectivity index (χ0v) is 19.0. The molecule has 0 unspecified atom stereocenters. The highest BCUT2D eigenvalue weighted by Gasteiger charge is 2.24. The maximum Gasteiger partial charge on any atom is 0.240 e. The molecule has 0 amide bonds. The first-order valence-corrected chi connectivity index (χ1v) is 12.7. The van der Waals surface area contributed by atoms with Crippen LogP contribution in [0.2, 0.25) is 0 Å². The number of likely N-dealkylation sites (tertiary alicyclic amines) is 1. The maximum atomic E-state index is 12.5. The highest BCUT2D eigenvalue weighted by molar-refractivity contribution is 7.89. The van der Waals surface area contributed by atoms with Gasteiger partial charge in [0, 0.05) is 11.6 Å². The summed E-state index contributed by atoms with van der Waals surface area (Å²) in [6.45, 7) is 3.65. The average molecular weight is 455 g/mol. The molecule has 0 radical (unpaired) electrons. The molecule has 2 aromatic carbocycles. The van der Waals surface area contributed by atoms with Crippen molar-refractivity contribution in [3.8, 4) is 11.4 Å². The van der Waals surface area contributed by atoms with Crippen molar-refractivity contribution in [1.29, 1.82) is 0 Å². The van der Waals surface area contributed by atoms with E-state index < -0.39 is 10.0 Å². The fourth-order valence-corrected chi connectivity index (χ4v) is 5.29. The first-order valence-electron chi connectivity index (χ1n) is 11.2. The molecule has 2 heterocycles. The molecule has 1 aliphatic heterocycles. The molecule has 1 N–H and O–H groups in total. The standard InChI is InChI=1S/C23H30N6O2S/c30-32(31,22-12-6-2-7-13-22)26-21-14-18-28(19-15-21)16-8-3-9-17-29-25-23(24-27-29)20-10-4-1-5-11-20/h1-2,4-7,10-13,21,26H,3,8-9,14-19H2. The topological polar surface area (TPSA) is 93.0 Å². The van der Waals surface area contributed by atoms with Crippen molar-refractivity contribution < 1.29 is 8.42 Å². The number of hydrogen-bond donors (Lipinski definition) is 1. The molecule has 0 saturated carbocycles. The van der Waals surface area contributed by atoms with E-state index in [9.17, 15) is 8.42 Å². The highest BCUT2D eigenvalue weighted by atomic mass is 32.2. The summed E-state index contributed by atoms with van der Waals surface area (Å²) in [5.74, 6) is 0.663. The van der Waals surface area contributed by atoms with Crippen LogP contribution in [0.4, 0.5) is 0 Å². The Morgan fingerprint density at radius 2 is 1.53 bits per heavy atom. The minimum atomic E-state index is -3.43. The lowest BCUT2D eigenvalue weighted by molar-refractivity contribution is 0.203. The minimum Gasteiger partial charge on any atom is -0.303 e. The molecular weight excluding hydrogens is 424 g/mol. The van der Waals surface area contributed by atoms with Crippen molar-refractivity contribution in [2.45, 2.75) is 49.6 Å². The third kappa shape index (κ3) is 6.21. The van der Waals surface area contributed by atoms with Crippen LogP contribution >= 0.6 is 0 Å². The van der Waals surface area contributed by atoms with Gasteiger partial charge in [0.15, 0.2) is 0 Å². The molecule has 1 fully saturated rings. The molecule has 1 saturated heterocycles. The van der Waals surface area contributed by atoms with Crippen LogP contribution in [-0.2, 0) is 16.6 Å². The monoisotopic (exact) mass is 454 g/mol. The molecule has 0 aliphatic carbocycles. The average Bonchev–Trinajstić information content (AvgIpc) is 3.30. The summed E-state index contributed by atoms with van der Waals surface area (Å²) in [5, 5.41) is 12.7. The van der Waals surface area contributed by atoms with Crippen LogP contribution in [0, 0.1) is 0 Å². The third-order valence-corrected chi connectivity index (χ3v) is 7.32. The first-order chi connectivity index (χ1) is 15.6. The lowest BCUT2D eigenvalue weighted by Crippen LogP contribution is -2.44. The fourth-order valence-electron chi connectivity index (χ4n) is 3.97. The van der Waals surface area contributed by atoms with Gasteiger partial charge in [0.25, 0.3) is 0 Å². The molecule has 0 spiro atoms. The van der Waals surface area contributed by atoms with E-state index in [4.69, 9.17) is 0 Å².